The van der Waals surface area contributed by atoms with Crippen LogP contribution in [-0.4, -0.2) is 21.9 Å². The van der Waals surface area contributed by atoms with E-state index in [1.54, 1.807) is 0 Å². The van der Waals surface area contributed by atoms with Crippen molar-refractivity contribution in [3.8, 4) is 0 Å². The molecule has 0 radical (unpaired) electrons. The first kappa shape index (κ1) is 13.4. The van der Waals surface area contributed by atoms with Crippen molar-refractivity contribution in [3.63, 3.8) is 0 Å². The van der Waals surface area contributed by atoms with Crippen molar-refractivity contribution < 1.29 is 4.79 Å². The number of anilines is 1. The Hall–Kier alpha value is -1.69. The molecule has 17 heavy (non-hydrogen) atoms. The van der Waals surface area contributed by atoms with Crippen molar-refractivity contribution in [1.82, 2.24) is 15.3 Å². The van der Waals surface area contributed by atoms with E-state index >= 15 is 0 Å². The molecule has 0 aromatic carbocycles. The quantitative estimate of drug-likeness (QED) is 0.523. The summed E-state index contributed by atoms with van der Waals surface area (Å²) >= 11 is 0. The van der Waals surface area contributed by atoms with E-state index in [1.807, 2.05) is 6.92 Å². The highest BCUT2D eigenvalue weighted by Gasteiger charge is 2.12. The highest BCUT2D eigenvalue weighted by atomic mass is 16.1. The molecule has 4 N–H and O–H groups in total. The fourth-order valence-corrected chi connectivity index (χ4v) is 1.61. The summed E-state index contributed by atoms with van der Waals surface area (Å²) in [5.41, 5.74) is 2.61. The number of nitrogens with one attached hydrogen (secondary N) is 2. The standard InChI is InChI=1S/C11H19N5O/c1-7(2)4-8(3)14-11(17)9-5-13-6-10(15-9)16-12/h5-8H,4,12H2,1-3H3,(H,14,17)(H,15,16). The summed E-state index contributed by atoms with van der Waals surface area (Å²) < 4.78 is 0. The van der Waals surface area contributed by atoms with E-state index in [-0.39, 0.29) is 17.6 Å². The van der Waals surface area contributed by atoms with Crippen molar-refractivity contribution in [1.29, 1.82) is 0 Å². The van der Waals surface area contributed by atoms with Crippen LogP contribution in [0.5, 0.6) is 0 Å². The molecule has 0 aliphatic heterocycles. The van der Waals surface area contributed by atoms with Gasteiger partial charge in [-0.15, -0.1) is 0 Å². The molecule has 1 amide bonds. The summed E-state index contributed by atoms with van der Waals surface area (Å²) in [6, 6.07) is 0.110. The second-order valence-corrected chi connectivity index (χ2v) is 4.44. The van der Waals surface area contributed by atoms with E-state index in [0.29, 0.717) is 11.7 Å². The normalized spacial score (nSPS) is 12.3. The number of rotatable bonds is 5. The van der Waals surface area contributed by atoms with Crippen LogP contribution in [0.25, 0.3) is 0 Å². The number of nitrogens with zero attached hydrogens (tertiary/aromatic N) is 2. The third-order valence-corrected chi connectivity index (χ3v) is 2.22. The first-order valence-corrected chi connectivity index (χ1v) is 5.62. The van der Waals surface area contributed by atoms with Crippen LogP contribution < -0.4 is 16.6 Å². The molecule has 1 atom stereocenters. The minimum absolute atomic E-state index is 0.110. The van der Waals surface area contributed by atoms with Gasteiger partial charge in [-0.2, -0.15) is 0 Å². The highest BCUT2D eigenvalue weighted by Crippen LogP contribution is 2.05. The van der Waals surface area contributed by atoms with Gasteiger partial charge in [0, 0.05) is 6.04 Å². The van der Waals surface area contributed by atoms with Gasteiger partial charge in [0.1, 0.15) is 5.69 Å². The molecule has 94 valence electrons. The second-order valence-electron chi connectivity index (χ2n) is 4.44. The summed E-state index contributed by atoms with van der Waals surface area (Å²) in [4.78, 5) is 19.7. The topological polar surface area (TPSA) is 92.9 Å². The molecule has 1 unspecified atom stereocenters. The lowest BCUT2D eigenvalue weighted by molar-refractivity contribution is 0.0931. The lowest BCUT2D eigenvalue weighted by Crippen LogP contribution is -2.34. The fraction of sp³-hybridized carbons (Fsp3) is 0.545. The molecule has 0 aliphatic carbocycles. The van der Waals surface area contributed by atoms with Crippen molar-refractivity contribution in [2.24, 2.45) is 11.8 Å². The Kier molecular flexibility index (Phi) is 4.84. The number of hydrazine groups is 1. The van der Waals surface area contributed by atoms with Gasteiger partial charge in [-0.1, -0.05) is 13.8 Å². The van der Waals surface area contributed by atoms with Crippen molar-refractivity contribution in [2.45, 2.75) is 33.2 Å². The predicted octanol–water partition coefficient (Wildman–Crippen LogP) is 0.927. The molecule has 1 aromatic rings. The van der Waals surface area contributed by atoms with Crippen LogP contribution in [0, 0.1) is 5.92 Å². The number of amides is 1. The molecule has 1 rings (SSSR count). The van der Waals surface area contributed by atoms with Crippen LogP contribution >= 0.6 is 0 Å². The van der Waals surface area contributed by atoms with Gasteiger partial charge in [0.25, 0.3) is 5.91 Å². The minimum atomic E-state index is -0.234. The molecule has 6 nitrogen and oxygen atoms in total. The average molecular weight is 237 g/mol. The first-order valence-electron chi connectivity index (χ1n) is 5.62. The molecular weight excluding hydrogens is 218 g/mol. The number of hydrogen-bond donors (Lipinski definition) is 3. The zero-order chi connectivity index (χ0) is 12.8. The number of nitrogens with two attached hydrogens (primary N) is 1. The summed E-state index contributed by atoms with van der Waals surface area (Å²) in [7, 11) is 0. The molecule has 0 saturated carbocycles. The van der Waals surface area contributed by atoms with E-state index in [0.717, 1.165) is 6.42 Å². The average Bonchev–Trinajstić information content (AvgIpc) is 2.27. The van der Waals surface area contributed by atoms with Gasteiger partial charge >= 0.3 is 0 Å². The van der Waals surface area contributed by atoms with Crippen LogP contribution in [-0.2, 0) is 0 Å². The van der Waals surface area contributed by atoms with Gasteiger partial charge in [0.05, 0.1) is 12.4 Å². The number of carbonyl (C=O) groups is 1. The molecule has 1 heterocycles. The second kappa shape index (κ2) is 6.15. The lowest BCUT2D eigenvalue weighted by Gasteiger charge is -2.15. The monoisotopic (exact) mass is 237 g/mol. The third kappa shape index (κ3) is 4.36. The van der Waals surface area contributed by atoms with Crippen LogP contribution in [0.1, 0.15) is 37.7 Å². The number of carbonyl (C=O) groups excluding carboxylic acids is 1. The molecule has 0 spiro atoms. The Labute approximate surface area is 101 Å². The Morgan fingerprint density at radius 3 is 2.71 bits per heavy atom. The maximum absolute atomic E-state index is 11.8. The summed E-state index contributed by atoms with van der Waals surface area (Å²) in [6.45, 7) is 6.19. The maximum Gasteiger partial charge on any atom is 0.271 e. The highest BCUT2D eigenvalue weighted by molar-refractivity contribution is 5.92. The van der Waals surface area contributed by atoms with E-state index in [2.05, 4.69) is 34.6 Å². The summed E-state index contributed by atoms with van der Waals surface area (Å²) in [5.74, 6) is 5.87. The van der Waals surface area contributed by atoms with Gasteiger partial charge in [-0.05, 0) is 19.3 Å². The summed E-state index contributed by atoms with van der Waals surface area (Å²) in [5, 5.41) is 2.87. The van der Waals surface area contributed by atoms with Crippen LogP contribution in [0.2, 0.25) is 0 Å². The molecule has 0 bridgehead atoms. The zero-order valence-corrected chi connectivity index (χ0v) is 10.4. The van der Waals surface area contributed by atoms with Crippen molar-refractivity contribution in [3.05, 3.63) is 18.1 Å². The molecule has 0 saturated heterocycles. The zero-order valence-electron chi connectivity index (χ0n) is 10.4. The SMILES string of the molecule is CC(C)CC(C)NC(=O)c1cncc(NN)n1. The van der Waals surface area contributed by atoms with Gasteiger partial charge in [-0.25, -0.2) is 10.8 Å². The number of nitrogen functional groups attached to an aromatic ring is 1. The Morgan fingerprint density at radius 1 is 1.41 bits per heavy atom. The maximum atomic E-state index is 11.8. The van der Waals surface area contributed by atoms with Crippen LogP contribution in [0.4, 0.5) is 5.82 Å². The largest absolute Gasteiger partial charge is 0.348 e. The van der Waals surface area contributed by atoms with Crippen molar-refractivity contribution >= 4 is 11.7 Å². The number of hydrogen-bond acceptors (Lipinski definition) is 5. The van der Waals surface area contributed by atoms with Gasteiger partial charge in [-0.3, -0.25) is 9.78 Å². The molecule has 0 fully saturated rings. The minimum Gasteiger partial charge on any atom is -0.348 e. The smallest absolute Gasteiger partial charge is 0.271 e. The predicted molar refractivity (Wildman–Crippen MR) is 66.2 cm³/mol. The van der Waals surface area contributed by atoms with E-state index in [4.69, 9.17) is 5.84 Å². The van der Waals surface area contributed by atoms with Crippen molar-refractivity contribution in [2.75, 3.05) is 5.43 Å². The Morgan fingerprint density at radius 2 is 2.12 bits per heavy atom. The van der Waals surface area contributed by atoms with E-state index in [9.17, 15) is 4.79 Å². The Bertz CT molecular complexity index is 380. The summed E-state index contributed by atoms with van der Waals surface area (Å²) in [6.07, 6.45) is 3.79. The Balaban J connectivity index is 2.63. The van der Waals surface area contributed by atoms with E-state index < -0.39 is 0 Å². The third-order valence-electron chi connectivity index (χ3n) is 2.22. The van der Waals surface area contributed by atoms with Gasteiger partial charge < -0.3 is 10.7 Å². The van der Waals surface area contributed by atoms with Gasteiger partial charge in [0.15, 0.2) is 5.82 Å². The van der Waals surface area contributed by atoms with Gasteiger partial charge in [0.2, 0.25) is 0 Å². The molecular formula is C11H19N5O. The van der Waals surface area contributed by atoms with Crippen LogP contribution in [0.15, 0.2) is 12.4 Å². The molecule has 6 heteroatoms. The molecule has 0 aliphatic rings. The fourth-order valence-electron chi connectivity index (χ4n) is 1.61. The number of aromatic nitrogens is 2. The van der Waals surface area contributed by atoms with Crippen LogP contribution in [0.3, 0.4) is 0 Å². The first-order chi connectivity index (χ1) is 8.02. The molecule has 1 aromatic heterocycles. The lowest BCUT2D eigenvalue weighted by atomic mass is 10.1. The van der Waals surface area contributed by atoms with E-state index in [1.165, 1.54) is 12.4 Å².